The van der Waals surface area contributed by atoms with Gasteiger partial charge in [-0.2, -0.15) is 5.10 Å². The zero-order valence-corrected chi connectivity index (χ0v) is 15.7. The fourth-order valence-electron chi connectivity index (χ4n) is 2.07. The highest BCUT2D eigenvalue weighted by atomic mass is 35.5. The van der Waals surface area contributed by atoms with Crippen molar-refractivity contribution in [1.82, 2.24) is 5.43 Å². The molecule has 0 bridgehead atoms. The van der Waals surface area contributed by atoms with Crippen molar-refractivity contribution in [3.63, 3.8) is 0 Å². The number of hydrazone groups is 1. The van der Waals surface area contributed by atoms with Gasteiger partial charge in [-0.15, -0.1) is 0 Å². The second kappa shape index (κ2) is 10.2. The number of anilines is 1. The number of ether oxygens (including phenoxy) is 2. The highest BCUT2D eigenvalue weighted by molar-refractivity contribution is 6.39. The van der Waals surface area contributed by atoms with E-state index < -0.39 is 11.8 Å². The van der Waals surface area contributed by atoms with Gasteiger partial charge in [0, 0.05) is 0 Å². The second-order valence-electron chi connectivity index (χ2n) is 5.39. The van der Waals surface area contributed by atoms with Crippen LogP contribution in [0.15, 0.2) is 47.6 Å². The number of nitrogens with one attached hydrogen (secondary N) is 2. The van der Waals surface area contributed by atoms with Gasteiger partial charge in [-0.1, -0.05) is 30.7 Å². The van der Waals surface area contributed by atoms with Gasteiger partial charge in [-0.05, 0) is 42.3 Å². The number of halogens is 1. The van der Waals surface area contributed by atoms with E-state index in [1.807, 2.05) is 6.92 Å². The van der Waals surface area contributed by atoms with Crippen LogP contribution in [0.25, 0.3) is 0 Å². The van der Waals surface area contributed by atoms with E-state index in [9.17, 15) is 9.59 Å². The van der Waals surface area contributed by atoms with Gasteiger partial charge in [-0.3, -0.25) is 9.59 Å². The van der Waals surface area contributed by atoms with Crippen LogP contribution in [0, 0.1) is 0 Å². The van der Waals surface area contributed by atoms with Crippen molar-refractivity contribution in [1.29, 1.82) is 0 Å². The number of amides is 2. The van der Waals surface area contributed by atoms with E-state index in [0.29, 0.717) is 34.4 Å². The first-order valence-corrected chi connectivity index (χ1v) is 8.62. The minimum absolute atomic E-state index is 0.388. The second-order valence-corrected chi connectivity index (χ2v) is 5.80. The Bertz CT molecular complexity index is 839. The van der Waals surface area contributed by atoms with Gasteiger partial charge < -0.3 is 14.8 Å². The van der Waals surface area contributed by atoms with Gasteiger partial charge in [0.25, 0.3) is 0 Å². The van der Waals surface area contributed by atoms with Crippen LogP contribution in [-0.2, 0) is 9.59 Å². The van der Waals surface area contributed by atoms with Crippen LogP contribution in [0.1, 0.15) is 18.9 Å². The van der Waals surface area contributed by atoms with Gasteiger partial charge in [0.15, 0.2) is 0 Å². The summed E-state index contributed by atoms with van der Waals surface area (Å²) < 4.78 is 10.6. The van der Waals surface area contributed by atoms with Gasteiger partial charge >= 0.3 is 11.8 Å². The van der Waals surface area contributed by atoms with E-state index in [-0.39, 0.29) is 0 Å². The van der Waals surface area contributed by atoms with Gasteiger partial charge in [0.2, 0.25) is 0 Å². The summed E-state index contributed by atoms with van der Waals surface area (Å²) in [6.45, 7) is 2.58. The van der Waals surface area contributed by atoms with Gasteiger partial charge in [0.1, 0.15) is 11.5 Å². The van der Waals surface area contributed by atoms with Crippen LogP contribution in [-0.4, -0.2) is 31.7 Å². The number of carbonyl (C=O) groups excluding carboxylic acids is 2. The molecule has 8 heteroatoms. The third-order valence-electron chi connectivity index (χ3n) is 3.36. The summed E-state index contributed by atoms with van der Waals surface area (Å²) in [6, 6.07) is 11.9. The van der Waals surface area contributed by atoms with Gasteiger partial charge in [0.05, 0.1) is 30.6 Å². The Morgan fingerprint density at radius 2 is 1.93 bits per heavy atom. The van der Waals surface area contributed by atoms with E-state index >= 15 is 0 Å². The third-order valence-corrected chi connectivity index (χ3v) is 3.65. The Hall–Kier alpha value is -3.06. The molecule has 0 spiro atoms. The molecule has 0 unspecified atom stereocenters. The van der Waals surface area contributed by atoms with E-state index in [2.05, 4.69) is 15.8 Å². The van der Waals surface area contributed by atoms with Crippen molar-refractivity contribution in [2.24, 2.45) is 5.10 Å². The van der Waals surface area contributed by atoms with Gasteiger partial charge in [-0.25, -0.2) is 5.43 Å². The van der Waals surface area contributed by atoms with Crippen LogP contribution in [0.4, 0.5) is 5.69 Å². The highest BCUT2D eigenvalue weighted by Gasteiger charge is 2.14. The first-order chi connectivity index (χ1) is 13.0. The number of rotatable bonds is 7. The molecule has 0 aromatic heterocycles. The summed E-state index contributed by atoms with van der Waals surface area (Å²) in [5.41, 5.74) is 3.20. The average Bonchev–Trinajstić information content (AvgIpc) is 2.67. The lowest BCUT2D eigenvalue weighted by molar-refractivity contribution is -0.136. The molecule has 27 heavy (non-hydrogen) atoms. The number of methoxy groups -OCH3 is 1. The summed E-state index contributed by atoms with van der Waals surface area (Å²) in [4.78, 5) is 23.8. The molecule has 0 aliphatic rings. The largest absolute Gasteiger partial charge is 0.495 e. The lowest BCUT2D eigenvalue weighted by Gasteiger charge is -2.08. The highest BCUT2D eigenvalue weighted by Crippen LogP contribution is 2.25. The topological polar surface area (TPSA) is 89.0 Å². The number of benzene rings is 2. The predicted octanol–water partition coefficient (Wildman–Crippen LogP) is 3.23. The quantitative estimate of drug-likeness (QED) is 0.432. The summed E-state index contributed by atoms with van der Waals surface area (Å²) in [7, 11) is 1.47. The molecule has 0 aliphatic carbocycles. The van der Waals surface area contributed by atoms with Crippen molar-refractivity contribution in [3.8, 4) is 11.5 Å². The van der Waals surface area contributed by atoms with Crippen molar-refractivity contribution in [2.75, 3.05) is 19.0 Å². The first-order valence-electron chi connectivity index (χ1n) is 8.25. The SMILES string of the molecule is CCCOc1ccc(/C=N\NC(=O)C(=O)Nc2ccccc2OC)cc1Cl. The molecule has 2 aromatic carbocycles. The van der Waals surface area contributed by atoms with Crippen LogP contribution in [0.2, 0.25) is 5.02 Å². The van der Waals surface area contributed by atoms with E-state index in [0.717, 1.165) is 6.42 Å². The molecule has 0 fully saturated rings. The van der Waals surface area contributed by atoms with E-state index in [1.165, 1.54) is 13.3 Å². The number of nitrogens with zero attached hydrogens (tertiary/aromatic N) is 1. The molecule has 0 atom stereocenters. The van der Waals surface area contributed by atoms with Crippen LogP contribution < -0.4 is 20.2 Å². The molecule has 0 saturated carbocycles. The summed E-state index contributed by atoms with van der Waals surface area (Å²) >= 11 is 6.13. The minimum Gasteiger partial charge on any atom is -0.495 e. The van der Waals surface area contributed by atoms with Crippen LogP contribution in [0.5, 0.6) is 11.5 Å². The summed E-state index contributed by atoms with van der Waals surface area (Å²) in [5, 5.41) is 6.66. The maximum atomic E-state index is 11.9. The maximum Gasteiger partial charge on any atom is 0.329 e. The molecular formula is C19H20ClN3O4. The standard InChI is InChI=1S/C19H20ClN3O4/c1-3-10-27-16-9-8-13(11-14(16)20)12-21-23-19(25)18(24)22-15-6-4-5-7-17(15)26-2/h4-9,11-12H,3,10H2,1-2H3,(H,22,24)(H,23,25)/b21-12-. The average molecular weight is 390 g/mol. The Balaban J connectivity index is 1.92. The molecule has 2 aromatic rings. The van der Waals surface area contributed by atoms with Crippen molar-refractivity contribution in [2.45, 2.75) is 13.3 Å². The fourth-order valence-corrected chi connectivity index (χ4v) is 2.31. The number of carbonyl (C=O) groups is 2. The maximum absolute atomic E-state index is 11.9. The van der Waals surface area contributed by atoms with E-state index in [4.69, 9.17) is 21.1 Å². The van der Waals surface area contributed by atoms with Crippen LogP contribution >= 0.6 is 11.6 Å². The molecule has 2 N–H and O–H groups in total. The Morgan fingerprint density at radius 1 is 1.15 bits per heavy atom. The smallest absolute Gasteiger partial charge is 0.329 e. The molecular weight excluding hydrogens is 370 g/mol. The number of para-hydroxylation sites is 2. The zero-order chi connectivity index (χ0) is 19.6. The molecule has 142 valence electrons. The molecule has 0 heterocycles. The zero-order valence-electron chi connectivity index (χ0n) is 15.0. The third kappa shape index (κ3) is 6.00. The normalized spacial score (nSPS) is 10.5. The Labute approximate surface area is 162 Å². The number of hydrogen-bond acceptors (Lipinski definition) is 5. The monoisotopic (exact) mass is 389 g/mol. The predicted molar refractivity (Wildman–Crippen MR) is 105 cm³/mol. The van der Waals surface area contributed by atoms with Crippen molar-refractivity contribution >= 4 is 35.3 Å². The molecule has 0 aliphatic heterocycles. The molecule has 2 rings (SSSR count). The molecule has 0 radical (unpaired) electrons. The Kier molecular flexibility index (Phi) is 7.63. The summed E-state index contributed by atoms with van der Waals surface area (Å²) in [6.07, 6.45) is 2.26. The van der Waals surface area contributed by atoms with E-state index in [1.54, 1.807) is 42.5 Å². The Morgan fingerprint density at radius 3 is 2.63 bits per heavy atom. The van der Waals surface area contributed by atoms with Crippen molar-refractivity contribution < 1.29 is 19.1 Å². The first kappa shape index (κ1) is 20.3. The fraction of sp³-hybridized carbons (Fsp3) is 0.211. The van der Waals surface area contributed by atoms with Crippen molar-refractivity contribution in [3.05, 3.63) is 53.1 Å². The number of hydrogen-bond donors (Lipinski definition) is 2. The molecule has 2 amide bonds. The summed E-state index contributed by atoms with van der Waals surface area (Å²) in [5.74, 6) is -0.748. The molecule has 0 saturated heterocycles. The molecule has 7 nitrogen and oxygen atoms in total. The lowest BCUT2D eigenvalue weighted by atomic mass is 10.2. The lowest BCUT2D eigenvalue weighted by Crippen LogP contribution is -2.32. The van der Waals surface area contributed by atoms with Crippen LogP contribution in [0.3, 0.4) is 0 Å². The minimum atomic E-state index is -0.911.